The van der Waals surface area contributed by atoms with Gasteiger partial charge in [-0.05, 0) is 69.1 Å². The van der Waals surface area contributed by atoms with Crippen LogP contribution in [0.2, 0.25) is 0 Å². The molecule has 2 heteroatoms. The first-order valence-corrected chi connectivity index (χ1v) is 18.6. The highest BCUT2D eigenvalue weighted by Gasteiger charge is 2.21. The summed E-state index contributed by atoms with van der Waals surface area (Å²) >= 11 is 1.90. The number of thiophene rings is 1. The minimum Gasteiger partial charge on any atom is -0.309 e. The van der Waals surface area contributed by atoms with E-state index in [-0.39, 0.29) is 0 Å². The molecule has 0 aliphatic heterocycles. The predicted octanol–water partition coefficient (Wildman–Crippen LogP) is 14.8. The van der Waals surface area contributed by atoms with Crippen LogP contribution in [-0.2, 0) is 0 Å². The summed E-state index contributed by atoms with van der Waals surface area (Å²) in [5, 5.41) is 7.53. The van der Waals surface area contributed by atoms with Crippen LogP contribution >= 0.6 is 11.3 Å². The Balaban J connectivity index is 1.15. The molecule has 1 nitrogen and oxygen atoms in total. The molecule has 52 heavy (non-hydrogen) atoms. The summed E-state index contributed by atoms with van der Waals surface area (Å²) in [5.41, 5.74) is 10.8. The molecular weight excluding hydrogens is 647 g/mol. The molecule has 0 aliphatic rings. The van der Waals surface area contributed by atoms with Gasteiger partial charge in [-0.15, -0.1) is 11.3 Å². The number of anilines is 3. The molecule has 0 saturated heterocycles. The minimum atomic E-state index is 1.12. The zero-order valence-electron chi connectivity index (χ0n) is 28.4. The number of fused-ring (bicyclic) bond motifs is 6. The zero-order valence-corrected chi connectivity index (χ0v) is 29.2. The maximum atomic E-state index is 2.47. The average molecular weight is 680 g/mol. The lowest BCUT2D eigenvalue weighted by atomic mass is 9.98. The van der Waals surface area contributed by atoms with E-state index >= 15 is 0 Å². The topological polar surface area (TPSA) is 3.24 Å². The van der Waals surface area contributed by atoms with Gasteiger partial charge < -0.3 is 4.90 Å². The molecule has 0 fully saturated rings. The molecule has 1 aromatic heterocycles. The van der Waals surface area contributed by atoms with Crippen LogP contribution in [0.5, 0.6) is 0 Å². The smallest absolute Gasteiger partial charge is 0.0547 e. The lowest BCUT2D eigenvalue weighted by Gasteiger charge is -2.28. The maximum absolute atomic E-state index is 2.47. The first-order chi connectivity index (χ1) is 25.8. The van der Waals surface area contributed by atoms with Crippen molar-refractivity contribution < 1.29 is 0 Å². The Bertz CT molecular complexity index is 2870. The summed E-state index contributed by atoms with van der Waals surface area (Å²) in [7, 11) is 0. The Kier molecular flexibility index (Phi) is 7.41. The van der Waals surface area contributed by atoms with Gasteiger partial charge in [-0.2, -0.15) is 0 Å². The summed E-state index contributed by atoms with van der Waals surface area (Å²) in [6, 6.07) is 72.9. The Labute approximate surface area is 307 Å². The van der Waals surface area contributed by atoms with Crippen molar-refractivity contribution in [1.82, 2.24) is 0 Å². The molecule has 0 spiro atoms. The first kappa shape index (κ1) is 30.4. The summed E-state index contributed by atoms with van der Waals surface area (Å²) in [4.78, 5) is 2.47. The number of benzene rings is 9. The minimum absolute atomic E-state index is 1.12. The van der Waals surface area contributed by atoms with E-state index < -0.39 is 0 Å². The lowest BCUT2D eigenvalue weighted by molar-refractivity contribution is 1.32. The molecule has 10 rings (SSSR count). The van der Waals surface area contributed by atoms with Crippen LogP contribution in [-0.4, -0.2) is 0 Å². The molecule has 0 bridgehead atoms. The van der Waals surface area contributed by atoms with Crippen LogP contribution in [0.1, 0.15) is 0 Å². The number of nitrogens with zero attached hydrogens (tertiary/aromatic N) is 1. The maximum Gasteiger partial charge on any atom is 0.0547 e. The SMILES string of the molecule is c1ccc(-c2ccc(-c3ccc(N(c4cccc5ccccc45)c4cc5c6ccc(-c7ccccc7)cc6sc5c5ccccc45)cc3)cc2)cc1. The second-order valence-electron chi connectivity index (χ2n) is 13.3. The van der Waals surface area contributed by atoms with Gasteiger partial charge in [-0.25, -0.2) is 0 Å². The van der Waals surface area contributed by atoms with Crippen LogP contribution in [0, 0.1) is 0 Å². The number of hydrogen-bond donors (Lipinski definition) is 0. The second-order valence-corrected chi connectivity index (χ2v) is 14.4. The van der Waals surface area contributed by atoms with Crippen molar-refractivity contribution in [2.45, 2.75) is 0 Å². The molecule has 0 atom stereocenters. The molecule has 0 N–H and O–H groups in total. The third-order valence-corrected chi connectivity index (χ3v) is 11.5. The highest BCUT2D eigenvalue weighted by Crippen LogP contribution is 2.48. The Hall–Kier alpha value is -6.48. The van der Waals surface area contributed by atoms with Crippen LogP contribution in [0.25, 0.3) is 75.1 Å². The van der Waals surface area contributed by atoms with Crippen molar-refractivity contribution in [2.75, 3.05) is 4.90 Å². The van der Waals surface area contributed by atoms with E-state index in [1.807, 2.05) is 11.3 Å². The lowest BCUT2D eigenvalue weighted by Crippen LogP contribution is -2.11. The van der Waals surface area contributed by atoms with Crippen LogP contribution in [0.15, 0.2) is 200 Å². The van der Waals surface area contributed by atoms with Gasteiger partial charge in [-0.1, -0.05) is 170 Å². The van der Waals surface area contributed by atoms with Crippen molar-refractivity contribution in [3.63, 3.8) is 0 Å². The Morgan fingerprint density at radius 1 is 0.308 bits per heavy atom. The summed E-state index contributed by atoms with van der Waals surface area (Å²) in [5.74, 6) is 0. The zero-order chi connectivity index (χ0) is 34.4. The summed E-state index contributed by atoms with van der Waals surface area (Å²) < 4.78 is 2.63. The van der Waals surface area contributed by atoms with Crippen LogP contribution < -0.4 is 4.90 Å². The van der Waals surface area contributed by atoms with Crippen molar-refractivity contribution in [3.05, 3.63) is 200 Å². The molecule has 9 aromatic carbocycles. The highest BCUT2D eigenvalue weighted by molar-refractivity contribution is 7.26. The van der Waals surface area contributed by atoms with Gasteiger partial charge in [0.15, 0.2) is 0 Å². The second kappa shape index (κ2) is 12.7. The molecule has 244 valence electrons. The molecular formula is C50H33NS. The third kappa shape index (κ3) is 5.24. The van der Waals surface area contributed by atoms with Gasteiger partial charge in [0.25, 0.3) is 0 Å². The number of hydrogen-bond acceptors (Lipinski definition) is 2. The Morgan fingerprint density at radius 3 is 1.52 bits per heavy atom. The van der Waals surface area contributed by atoms with Gasteiger partial charge >= 0.3 is 0 Å². The number of rotatable bonds is 6. The van der Waals surface area contributed by atoms with Crippen molar-refractivity contribution in [1.29, 1.82) is 0 Å². The summed E-state index contributed by atoms with van der Waals surface area (Å²) in [6.45, 7) is 0. The summed E-state index contributed by atoms with van der Waals surface area (Å²) in [6.07, 6.45) is 0. The van der Waals surface area contributed by atoms with Gasteiger partial charge in [0.05, 0.1) is 11.4 Å². The largest absolute Gasteiger partial charge is 0.309 e. The van der Waals surface area contributed by atoms with Crippen LogP contribution in [0.4, 0.5) is 17.1 Å². The van der Waals surface area contributed by atoms with Crippen LogP contribution in [0.3, 0.4) is 0 Å². The average Bonchev–Trinajstić information content (AvgIpc) is 3.60. The van der Waals surface area contributed by atoms with E-state index in [1.165, 1.54) is 80.8 Å². The van der Waals surface area contributed by atoms with Crippen molar-refractivity contribution in [2.24, 2.45) is 0 Å². The van der Waals surface area contributed by atoms with Crippen molar-refractivity contribution >= 4 is 70.1 Å². The standard InChI is InChI=1S/C50H33NS/c1-3-12-34(13-4-1)36-22-24-37(25-23-36)38-26-29-41(30-27-38)51(47-21-11-17-39-16-7-8-18-42(39)47)48-33-46-44-31-28-40(35-14-5-2-6-15-35)32-49(44)52-50(46)45-20-10-9-19-43(45)48/h1-33H. The normalized spacial score (nSPS) is 11.5. The molecule has 0 aliphatic carbocycles. The third-order valence-electron chi connectivity index (χ3n) is 10.3. The fraction of sp³-hybridized carbons (Fsp3) is 0. The van der Waals surface area contributed by atoms with Gasteiger partial charge in [0, 0.05) is 42.0 Å². The van der Waals surface area contributed by atoms with Crippen molar-refractivity contribution in [3.8, 4) is 33.4 Å². The fourth-order valence-corrected chi connectivity index (χ4v) is 8.93. The molecule has 0 saturated carbocycles. The molecule has 1 heterocycles. The molecule has 0 amide bonds. The monoisotopic (exact) mass is 679 g/mol. The fourth-order valence-electron chi connectivity index (χ4n) is 7.67. The van der Waals surface area contributed by atoms with E-state index in [0.717, 1.165) is 11.4 Å². The van der Waals surface area contributed by atoms with E-state index in [4.69, 9.17) is 0 Å². The van der Waals surface area contributed by atoms with E-state index in [0.29, 0.717) is 0 Å². The predicted molar refractivity (Wildman–Crippen MR) is 225 cm³/mol. The quantitative estimate of drug-likeness (QED) is 0.169. The van der Waals surface area contributed by atoms with E-state index in [1.54, 1.807) is 0 Å². The Morgan fingerprint density at radius 2 is 0.827 bits per heavy atom. The van der Waals surface area contributed by atoms with Gasteiger partial charge in [0.1, 0.15) is 0 Å². The molecule has 10 aromatic rings. The van der Waals surface area contributed by atoms with E-state index in [9.17, 15) is 0 Å². The molecule has 0 radical (unpaired) electrons. The van der Waals surface area contributed by atoms with Gasteiger partial charge in [-0.3, -0.25) is 0 Å². The first-order valence-electron chi connectivity index (χ1n) is 17.8. The highest BCUT2D eigenvalue weighted by atomic mass is 32.1. The van der Waals surface area contributed by atoms with Gasteiger partial charge in [0.2, 0.25) is 0 Å². The molecule has 0 unspecified atom stereocenters. The van der Waals surface area contributed by atoms with E-state index in [2.05, 4.69) is 205 Å².